The van der Waals surface area contributed by atoms with E-state index in [1.165, 1.54) is 26.2 Å². The van der Waals surface area contributed by atoms with Gasteiger partial charge in [-0.2, -0.15) is 0 Å². The minimum atomic E-state index is 0.722. The number of nitrogens with zero attached hydrogens (tertiary/aromatic N) is 2. The van der Waals surface area contributed by atoms with Crippen LogP contribution in [0, 0.1) is 0 Å². The Bertz CT molecular complexity index is 170. The number of rotatable bonds is 2. The Kier molecular flexibility index (Phi) is 2.86. The summed E-state index contributed by atoms with van der Waals surface area (Å²) >= 11 is 0. The van der Waals surface area contributed by atoms with Crippen molar-refractivity contribution in [3.8, 4) is 0 Å². The van der Waals surface area contributed by atoms with Crippen LogP contribution in [0.1, 0.15) is 13.8 Å². The number of hydrogen-bond acceptors (Lipinski definition) is 3. The Balaban J connectivity index is 1.83. The summed E-state index contributed by atoms with van der Waals surface area (Å²) in [6.07, 6.45) is 0. The average molecular weight is 184 g/mol. The maximum Gasteiger partial charge on any atom is 0.0645 e. The lowest BCUT2D eigenvalue weighted by molar-refractivity contribution is -0.0841. The van der Waals surface area contributed by atoms with Crippen LogP contribution in [0.4, 0.5) is 0 Å². The van der Waals surface area contributed by atoms with E-state index in [4.69, 9.17) is 4.74 Å². The normalized spacial score (nSPS) is 33.2. The summed E-state index contributed by atoms with van der Waals surface area (Å²) < 4.78 is 5.22. The highest BCUT2D eigenvalue weighted by molar-refractivity contribution is 4.85. The summed E-state index contributed by atoms with van der Waals surface area (Å²) in [5.74, 6) is 0. The summed E-state index contributed by atoms with van der Waals surface area (Å²) in [4.78, 5) is 5.14. The lowest BCUT2D eigenvalue weighted by Gasteiger charge is -2.45. The highest BCUT2D eigenvalue weighted by Crippen LogP contribution is 2.16. The molecule has 3 heteroatoms. The van der Waals surface area contributed by atoms with Crippen LogP contribution < -0.4 is 0 Å². The lowest BCUT2D eigenvalue weighted by Crippen LogP contribution is -2.59. The molecule has 2 rings (SSSR count). The molecule has 0 aromatic rings. The third-order valence-electron chi connectivity index (χ3n) is 3.34. The first-order valence-electron chi connectivity index (χ1n) is 5.37. The fourth-order valence-electron chi connectivity index (χ4n) is 2.26. The number of piperazine rings is 1. The Hall–Kier alpha value is -0.120. The summed E-state index contributed by atoms with van der Waals surface area (Å²) in [6.45, 7) is 11.4. The van der Waals surface area contributed by atoms with Crippen LogP contribution >= 0.6 is 0 Å². The van der Waals surface area contributed by atoms with Gasteiger partial charge in [-0.05, 0) is 13.5 Å². The Morgan fingerprint density at radius 2 is 2.08 bits per heavy atom. The molecule has 2 aliphatic rings. The highest BCUT2D eigenvalue weighted by Gasteiger charge is 2.31. The number of ether oxygens (including phenoxy) is 1. The molecule has 13 heavy (non-hydrogen) atoms. The van der Waals surface area contributed by atoms with Crippen LogP contribution in [0.15, 0.2) is 0 Å². The second-order valence-corrected chi connectivity index (χ2v) is 4.16. The molecule has 0 aromatic heterocycles. The molecule has 1 unspecified atom stereocenters. The van der Waals surface area contributed by atoms with Gasteiger partial charge in [0.15, 0.2) is 0 Å². The minimum Gasteiger partial charge on any atom is -0.378 e. The van der Waals surface area contributed by atoms with Gasteiger partial charge in [0.25, 0.3) is 0 Å². The van der Waals surface area contributed by atoms with Crippen molar-refractivity contribution in [1.82, 2.24) is 9.80 Å². The predicted octanol–water partition coefficient (Wildman–Crippen LogP) is 0.411. The van der Waals surface area contributed by atoms with E-state index in [1.54, 1.807) is 0 Å². The van der Waals surface area contributed by atoms with E-state index < -0.39 is 0 Å². The van der Waals surface area contributed by atoms with Crippen LogP contribution in [-0.4, -0.2) is 61.3 Å². The molecule has 2 saturated heterocycles. The van der Waals surface area contributed by atoms with E-state index in [2.05, 4.69) is 23.6 Å². The summed E-state index contributed by atoms with van der Waals surface area (Å²) in [6, 6.07) is 1.45. The van der Waals surface area contributed by atoms with Crippen molar-refractivity contribution in [2.24, 2.45) is 0 Å². The summed E-state index contributed by atoms with van der Waals surface area (Å²) in [7, 11) is 0. The summed E-state index contributed by atoms with van der Waals surface area (Å²) in [5, 5.41) is 0. The third-order valence-corrected chi connectivity index (χ3v) is 3.34. The molecular weight excluding hydrogens is 164 g/mol. The Labute approximate surface area is 80.6 Å². The largest absolute Gasteiger partial charge is 0.378 e. The molecule has 0 aliphatic carbocycles. The van der Waals surface area contributed by atoms with Crippen LogP contribution in [0.25, 0.3) is 0 Å². The topological polar surface area (TPSA) is 15.7 Å². The molecule has 0 saturated carbocycles. The van der Waals surface area contributed by atoms with Crippen molar-refractivity contribution >= 4 is 0 Å². The molecule has 0 radical (unpaired) electrons. The van der Waals surface area contributed by atoms with E-state index in [-0.39, 0.29) is 0 Å². The second kappa shape index (κ2) is 3.95. The van der Waals surface area contributed by atoms with Gasteiger partial charge in [-0.3, -0.25) is 9.80 Å². The zero-order chi connectivity index (χ0) is 9.26. The molecule has 1 atom stereocenters. The van der Waals surface area contributed by atoms with Gasteiger partial charge in [0.1, 0.15) is 0 Å². The van der Waals surface area contributed by atoms with Gasteiger partial charge in [-0.15, -0.1) is 0 Å². The maximum absolute atomic E-state index is 5.22. The molecule has 0 aromatic carbocycles. The molecule has 0 amide bonds. The molecule has 2 aliphatic heterocycles. The van der Waals surface area contributed by atoms with Gasteiger partial charge in [0.2, 0.25) is 0 Å². The van der Waals surface area contributed by atoms with Crippen molar-refractivity contribution in [3.63, 3.8) is 0 Å². The smallest absolute Gasteiger partial charge is 0.0645 e. The van der Waals surface area contributed by atoms with Crippen LogP contribution in [0.3, 0.4) is 0 Å². The molecule has 0 spiro atoms. The third kappa shape index (κ3) is 1.87. The monoisotopic (exact) mass is 184 g/mol. The molecule has 3 nitrogen and oxygen atoms in total. The Morgan fingerprint density at radius 1 is 1.31 bits per heavy atom. The molecule has 0 bridgehead atoms. The number of hydrogen-bond donors (Lipinski definition) is 0. The van der Waals surface area contributed by atoms with E-state index in [0.717, 1.165) is 25.3 Å². The van der Waals surface area contributed by atoms with Crippen molar-refractivity contribution in [3.05, 3.63) is 0 Å². The predicted molar refractivity (Wildman–Crippen MR) is 52.9 cm³/mol. The quantitative estimate of drug-likeness (QED) is 0.618. The first-order valence-corrected chi connectivity index (χ1v) is 5.37. The molecular formula is C10H20N2O. The summed E-state index contributed by atoms with van der Waals surface area (Å²) in [5.41, 5.74) is 0. The van der Waals surface area contributed by atoms with Crippen molar-refractivity contribution in [2.75, 3.05) is 39.4 Å². The van der Waals surface area contributed by atoms with Crippen molar-refractivity contribution in [2.45, 2.75) is 25.9 Å². The second-order valence-electron chi connectivity index (χ2n) is 4.16. The van der Waals surface area contributed by atoms with E-state index >= 15 is 0 Å². The maximum atomic E-state index is 5.22. The first kappa shape index (κ1) is 9.44. The molecule has 0 N–H and O–H groups in total. The fourth-order valence-corrected chi connectivity index (χ4v) is 2.26. The molecule has 2 fully saturated rings. The van der Waals surface area contributed by atoms with Gasteiger partial charge in [-0.25, -0.2) is 0 Å². The SMILES string of the molecule is CCN1CCN(C2COC2)CC1C. The fraction of sp³-hybridized carbons (Fsp3) is 1.00. The zero-order valence-corrected chi connectivity index (χ0v) is 8.70. The number of likely N-dealkylation sites (N-methyl/N-ethyl adjacent to an activating group) is 1. The van der Waals surface area contributed by atoms with Crippen LogP contribution in [0.2, 0.25) is 0 Å². The standard InChI is InChI=1S/C10H20N2O/c1-3-11-4-5-12(6-9(11)2)10-7-13-8-10/h9-10H,3-8H2,1-2H3. The average Bonchev–Trinajstić information content (AvgIpc) is 2.01. The van der Waals surface area contributed by atoms with Crippen molar-refractivity contribution in [1.29, 1.82) is 0 Å². The minimum absolute atomic E-state index is 0.722. The highest BCUT2D eigenvalue weighted by atomic mass is 16.5. The van der Waals surface area contributed by atoms with E-state index in [1.807, 2.05) is 0 Å². The first-order chi connectivity index (χ1) is 6.31. The lowest BCUT2D eigenvalue weighted by atomic mass is 10.1. The van der Waals surface area contributed by atoms with Gasteiger partial charge < -0.3 is 4.74 Å². The van der Waals surface area contributed by atoms with Crippen LogP contribution in [0.5, 0.6) is 0 Å². The van der Waals surface area contributed by atoms with E-state index in [9.17, 15) is 0 Å². The Morgan fingerprint density at radius 3 is 2.54 bits per heavy atom. The van der Waals surface area contributed by atoms with Gasteiger partial charge in [0.05, 0.1) is 19.3 Å². The van der Waals surface area contributed by atoms with Gasteiger partial charge >= 0.3 is 0 Å². The van der Waals surface area contributed by atoms with Crippen LogP contribution in [-0.2, 0) is 4.74 Å². The van der Waals surface area contributed by atoms with Gasteiger partial charge in [0, 0.05) is 25.7 Å². The van der Waals surface area contributed by atoms with Crippen molar-refractivity contribution < 1.29 is 4.74 Å². The molecule has 76 valence electrons. The van der Waals surface area contributed by atoms with E-state index in [0.29, 0.717) is 0 Å². The van der Waals surface area contributed by atoms with Gasteiger partial charge in [-0.1, -0.05) is 6.92 Å². The zero-order valence-electron chi connectivity index (χ0n) is 8.70. The molecule has 2 heterocycles.